The van der Waals surface area contributed by atoms with Crippen molar-refractivity contribution in [3.8, 4) is 11.4 Å². The highest BCUT2D eigenvalue weighted by Crippen LogP contribution is 2.22. The molecule has 196 valence electrons. The van der Waals surface area contributed by atoms with E-state index in [4.69, 9.17) is 9.47 Å². The number of rotatable bonds is 10. The van der Waals surface area contributed by atoms with Crippen LogP contribution in [-0.4, -0.2) is 45.9 Å². The minimum Gasteiger partial charge on any atom is -0.497 e. The van der Waals surface area contributed by atoms with E-state index in [1.165, 1.54) is 6.33 Å². The average Bonchev–Trinajstić information content (AvgIpc) is 3.54. The Kier molecular flexibility index (Phi) is 8.55. The third-order valence-corrected chi connectivity index (χ3v) is 5.98. The number of amides is 2. The number of hydrogen-bond donors (Lipinski definition) is 3. The SMILES string of the molecule is COc1ccc(-n2c(C)cc(/C=N\NC(=O)[C@@H](Cc3cnc[nH]3)NC(=O)OCc3ccccc3)c2C)cc1. The van der Waals surface area contributed by atoms with Crippen LogP contribution in [-0.2, 0) is 22.6 Å². The number of alkyl carbamates (subject to hydrolysis) is 1. The maximum atomic E-state index is 13.0. The molecule has 1 atom stereocenters. The van der Waals surface area contributed by atoms with Gasteiger partial charge >= 0.3 is 6.09 Å². The average molecular weight is 515 g/mol. The number of H-pyrrole nitrogens is 1. The van der Waals surface area contributed by atoms with Gasteiger partial charge in [-0.2, -0.15) is 5.10 Å². The van der Waals surface area contributed by atoms with E-state index in [0.29, 0.717) is 5.69 Å². The van der Waals surface area contributed by atoms with E-state index < -0.39 is 18.0 Å². The van der Waals surface area contributed by atoms with Crippen LogP contribution in [0.25, 0.3) is 5.69 Å². The van der Waals surface area contributed by atoms with Gasteiger partial charge in [0.25, 0.3) is 5.91 Å². The zero-order valence-electron chi connectivity index (χ0n) is 21.5. The summed E-state index contributed by atoms with van der Waals surface area (Å²) in [6.45, 7) is 4.07. The number of aromatic nitrogens is 3. The predicted molar refractivity (Wildman–Crippen MR) is 143 cm³/mol. The summed E-state index contributed by atoms with van der Waals surface area (Å²) in [4.78, 5) is 32.3. The fourth-order valence-electron chi connectivity index (χ4n) is 4.02. The van der Waals surface area contributed by atoms with Gasteiger partial charge in [-0.25, -0.2) is 15.2 Å². The van der Waals surface area contributed by atoms with Crippen LogP contribution >= 0.6 is 0 Å². The largest absolute Gasteiger partial charge is 0.497 e. The topological polar surface area (TPSA) is 123 Å². The standard InChI is InChI=1S/C28H30N6O4/c1-19-13-22(20(2)34(19)24-9-11-25(37-3)12-10-24)15-31-33-27(35)26(14-23-16-29-18-30-23)32-28(36)38-17-21-7-5-4-6-8-21/h4-13,15-16,18,26H,14,17H2,1-3H3,(H,29,30)(H,32,36)(H,33,35)/b31-15-/t26-/m1/s1. The molecule has 0 unspecified atom stereocenters. The lowest BCUT2D eigenvalue weighted by Gasteiger charge is -2.16. The van der Waals surface area contributed by atoms with Crippen molar-refractivity contribution in [3.63, 3.8) is 0 Å². The summed E-state index contributed by atoms with van der Waals surface area (Å²) < 4.78 is 12.6. The van der Waals surface area contributed by atoms with Gasteiger partial charge in [0.05, 0.1) is 19.7 Å². The van der Waals surface area contributed by atoms with Crippen molar-refractivity contribution in [1.29, 1.82) is 0 Å². The van der Waals surface area contributed by atoms with Gasteiger partial charge in [0.15, 0.2) is 0 Å². The number of carbonyl (C=O) groups excluding carboxylic acids is 2. The second kappa shape index (κ2) is 12.4. The van der Waals surface area contributed by atoms with Crippen LogP contribution in [0.4, 0.5) is 4.79 Å². The maximum absolute atomic E-state index is 13.0. The Hall–Kier alpha value is -4.86. The van der Waals surface area contributed by atoms with Gasteiger partial charge in [-0.1, -0.05) is 30.3 Å². The van der Waals surface area contributed by atoms with Crippen molar-refractivity contribution in [2.75, 3.05) is 7.11 Å². The van der Waals surface area contributed by atoms with Crippen LogP contribution in [0.5, 0.6) is 5.75 Å². The fourth-order valence-corrected chi connectivity index (χ4v) is 4.02. The molecule has 0 fully saturated rings. The van der Waals surface area contributed by atoms with Crippen molar-refractivity contribution in [1.82, 2.24) is 25.3 Å². The first kappa shape index (κ1) is 26.2. The van der Waals surface area contributed by atoms with Crippen molar-refractivity contribution < 1.29 is 19.1 Å². The second-order valence-electron chi connectivity index (χ2n) is 8.63. The van der Waals surface area contributed by atoms with E-state index in [2.05, 4.69) is 30.4 Å². The fraction of sp³-hybridized carbons (Fsp3) is 0.214. The monoisotopic (exact) mass is 514 g/mol. The molecule has 0 spiro atoms. The highest BCUT2D eigenvalue weighted by atomic mass is 16.5. The number of methoxy groups -OCH3 is 1. The van der Waals surface area contributed by atoms with Crippen molar-refractivity contribution in [3.05, 3.63) is 101 Å². The number of aromatic amines is 1. The highest BCUT2D eigenvalue weighted by Gasteiger charge is 2.22. The Bertz CT molecular complexity index is 1380. The van der Waals surface area contributed by atoms with E-state index in [9.17, 15) is 9.59 Å². The van der Waals surface area contributed by atoms with Gasteiger partial charge in [-0.3, -0.25) is 4.79 Å². The van der Waals surface area contributed by atoms with Crippen LogP contribution in [0.15, 0.2) is 78.3 Å². The van der Waals surface area contributed by atoms with Gasteiger partial charge in [0, 0.05) is 41.0 Å². The maximum Gasteiger partial charge on any atom is 0.408 e. The number of benzene rings is 2. The Morgan fingerprint density at radius 3 is 2.58 bits per heavy atom. The molecule has 0 aliphatic heterocycles. The lowest BCUT2D eigenvalue weighted by molar-refractivity contribution is -0.123. The summed E-state index contributed by atoms with van der Waals surface area (Å²) in [6, 6.07) is 18.1. The molecule has 4 aromatic rings. The van der Waals surface area contributed by atoms with Crippen LogP contribution < -0.4 is 15.5 Å². The van der Waals surface area contributed by atoms with Gasteiger partial charge < -0.3 is 24.3 Å². The molecule has 2 aromatic heterocycles. The zero-order chi connectivity index (χ0) is 26.9. The molecule has 0 saturated carbocycles. The van der Waals surface area contributed by atoms with Crippen LogP contribution in [0.2, 0.25) is 0 Å². The molecule has 0 saturated heterocycles. The van der Waals surface area contributed by atoms with Crippen LogP contribution in [0.1, 0.15) is 28.2 Å². The van der Waals surface area contributed by atoms with E-state index in [1.807, 2.05) is 74.5 Å². The molecule has 0 radical (unpaired) electrons. The molecule has 2 amide bonds. The first-order valence-corrected chi connectivity index (χ1v) is 12.1. The minimum absolute atomic E-state index is 0.0903. The van der Waals surface area contributed by atoms with Crippen LogP contribution in [0, 0.1) is 13.8 Å². The Morgan fingerprint density at radius 1 is 1.13 bits per heavy atom. The number of nitrogens with one attached hydrogen (secondary N) is 3. The Balaban J connectivity index is 1.41. The Morgan fingerprint density at radius 2 is 1.89 bits per heavy atom. The lowest BCUT2D eigenvalue weighted by atomic mass is 10.1. The Labute approximate surface area is 220 Å². The zero-order valence-corrected chi connectivity index (χ0v) is 21.5. The molecule has 38 heavy (non-hydrogen) atoms. The van der Waals surface area contributed by atoms with E-state index in [1.54, 1.807) is 19.5 Å². The molecule has 2 heterocycles. The molecule has 3 N–H and O–H groups in total. The summed E-state index contributed by atoms with van der Waals surface area (Å²) >= 11 is 0. The summed E-state index contributed by atoms with van der Waals surface area (Å²) in [5.74, 6) is 0.291. The lowest BCUT2D eigenvalue weighted by Crippen LogP contribution is -2.47. The third kappa shape index (κ3) is 6.67. The third-order valence-electron chi connectivity index (χ3n) is 5.98. The number of carbonyl (C=O) groups is 2. The summed E-state index contributed by atoms with van der Waals surface area (Å²) in [5.41, 5.74) is 7.87. The molecule has 0 bridgehead atoms. The summed E-state index contributed by atoms with van der Waals surface area (Å²) in [6.07, 6.45) is 4.17. The number of ether oxygens (including phenoxy) is 2. The summed E-state index contributed by atoms with van der Waals surface area (Å²) in [5, 5.41) is 6.77. The molecular formula is C28H30N6O4. The highest BCUT2D eigenvalue weighted by molar-refractivity contribution is 5.88. The number of imidazole rings is 1. The molecule has 0 aliphatic carbocycles. The van der Waals surface area contributed by atoms with E-state index in [0.717, 1.165) is 34.0 Å². The number of aryl methyl sites for hydroxylation is 1. The molecule has 10 nitrogen and oxygen atoms in total. The number of nitrogens with zero attached hydrogens (tertiary/aromatic N) is 3. The van der Waals surface area contributed by atoms with Gasteiger partial charge in [-0.05, 0) is 49.7 Å². The minimum atomic E-state index is -0.928. The number of hydrazone groups is 1. The van der Waals surface area contributed by atoms with Gasteiger partial charge in [0.2, 0.25) is 0 Å². The molecular weight excluding hydrogens is 484 g/mol. The van der Waals surface area contributed by atoms with Crippen molar-refractivity contribution >= 4 is 18.2 Å². The van der Waals surface area contributed by atoms with Gasteiger partial charge in [-0.15, -0.1) is 0 Å². The van der Waals surface area contributed by atoms with Gasteiger partial charge in [0.1, 0.15) is 18.4 Å². The summed E-state index contributed by atoms with van der Waals surface area (Å²) in [7, 11) is 1.63. The van der Waals surface area contributed by atoms with E-state index >= 15 is 0 Å². The van der Waals surface area contributed by atoms with Crippen LogP contribution in [0.3, 0.4) is 0 Å². The number of hydrogen-bond acceptors (Lipinski definition) is 6. The first-order chi connectivity index (χ1) is 18.4. The molecule has 4 rings (SSSR count). The second-order valence-corrected chi connectivity index (χ2v) is 8.63. The predicted octanol–water partition coefficient (Wildman–Crippen LogP) is 3.81. The van der Waals surface area contributed by atoms with E-state index in [-0.39, 0.29) is 13.0 Å². The quantitative estimate of drug-likeness (QED) is 0.219. The van der Waals surface area contributed by atoms with Crippen molar-refractivity contribution in [2.45, 2.75) is 32.9 Å². The van der Waals surface area contributed by atoms with Crippen molar-refractivity contribution in [2.24, 2.45) is 5.10 Å². The molecule has 10 heteroatoms. The first-order valence-electron chi connectivity index (χ1n) is 12.1. The normalized spacial score (nSPS) is 11.8. The molecule has 2 aromatic carbocycles. The molecule has 0 aliphatic rings. The smallest absolute Gasteiger partial charge is 0.408 e.